The highest BCUT2D eigenvalue weighted by Gasteiger charge is 2.56. The minimum atomic E-state index is -5.25. The van der Waals surface area contributed by atoms with E-state index in [1.165, 1.54) is 0 Å². The van der Waals surface area contributed by atoms with Gasteiger partial charge >= 0.3 is 18.2 Å². The lowest BCUT2D eigenvalue weighted by Gasteiger charge is -2.30. The van der Waals surface area contributed by atoms with Gasteiger partial charge in [0, 0.05) is 27.7 Å². The molecule has 0 aliphatic heterocycles. The van der Waals surface area contributed by atoms with Crippen LogP contribution in [0.2, 0.25) is 0 Å². The molecule has 1 aromatic heterocycles. The lowest BCUT2D eigenvalue weighted by atomic mass is 9.96. The molecule has 2 rings (SSSR count). The van der Waals surface area contributed by atoms with Crippen LogP contribution in [0.1, 0.15) is 60.1 Å². The van der Waals surface area contributed by atoms with E-state index in [0.29, 0.717) is 11.9 Å². The molecule has 1 aromatic carbocycles. The highest BCUT2D eigenvalue weighted by atomic mass is 32.2. The number of carbonyl (C=O) groups excluding carboxylic acids is 2. The Kier molecular flexibility index (Phi) is 10.9. The summed E-state index contributed by atoms with van der Waals surface area (Å²) < 4.78 is 79.2. The van der Waals surface area contributed by atoms with Crippen molar-refractivity contribution in [3.8, 4) is 11.6 Å². The molecule has 0 radical (unpaired) electrons. The maximum atomic E-state index is 14.0. The van der Waals surface area contributed by atoms with E-state index in [4.69, 9.17) is 19.0 Å². The molecule has 0 saturated heterocycles. The monoisotopic (exact) mass is 618 g/mol. The number of nitrogens with one attached hydrogen (secondary N) is 2. The van der Waals surface area contributed by atoms with Crippen LogP contribution >= 0.6 is 0 Å². The first-order valence-electron chi connectivity index (χ1n) is 12.9. The highest BCUT2D eigenvalue weighted by Crippen LogP contribution is 2.41. The Morgan fingerprint density at radius 1 is 0.976 bits per heavy atom. The minimum Gasteiger partial charge on any atom is -0.458 e. The number of nitrogens with zero attached hydrogens (tertiary/aromatic N) is 2. The van der Waals surface area contributed by atoms with Crippen LogP contribution in [-0.4, -0.2) is 66.3 Å². The fraction of sp³-hybridized carbons (Fsp3) is 0.556. The number of ether oxygens (including phenoxy) is 3. The van der Waals surface area contributed by atoms with Crippen molar-refractivity contribution in [2.45, 2.75) is 83.4 Å². The van der Waals surface area contributed by atoms with Crippen molar-refractivity contribution in [1.82, 2.24) is 15.3 Å². The molecule has 0 spiro atoms. The maximum Gasteiger partial charge on any atom is 0.423 e. The lowest BCUT2D eigenvalue weighted by molar-refractivity contribution is -0.269. The molecule has 2 unspecified atom stereocenters. The number of alkyl carbamates (subject to hydrolysis) is 1. The molecule has 1 heterocycles. The van der Waals surface area contributed by atoms with Crippen molar-refractivity contribution in [2.24, 2.45) is 0 Å². The quantitative estimate of drug-likeness (QED) is 0.292. The van der Waals surface area contributed by atoms with Gasteiger partial charge in [0.2, 0.25) is 11.5 Å². The second-order valence-corrected chi connectivity index (χ2v) is 13.9. The van der Waals surface area contributed by atoms with E-state index in [0.717, 1.165) is 6.20 Å². The number of aliphatic hydroxyl groups is 1. The molecule has 42 heavy (non-hydrogen) atoms. The van der Waals surface area contributed by atoms with E-state index in [2.05, 4.69) is 15.3 Å². The summed E-state index contributed by atoms with van der Waals surface area (Å²) in [5.74, 6) is -2.14. The Balaban J connectivity index is 2.16. The van der Waals surface area contributed by atoms with E-state index >= 15 is 0 Å². The number of hydrogen-bond acceptors (Lipinski definition) is 10. The molecule has 3 atom stereocenters. The summed E-state index contributed by atoms with van der Waals surface area (Å²) in [7, 11) is -3.81. The zero-order valence-electron chi connectivity index (χ0n) is 24.3. The average Bonchev–Trinajstić information content (AvgIpc) is 2.83. The third kappa shape index (κ3) is 11.1. The molecule has 3 N–H and O–H groups in total. The normalized spacial score (nSPS) is 16.0. The van der Waals surface area contributed by atoms with Crippen molar-refractivity contribution in [1.29, 1.82) is 4.78 Å². The van der Waals surface area contributed by atoms with E-state index in [-0.39, 0.29) is 5.88 Å². The molecular weight excluding hydrogens is 581 g/mol. The van der Waals surface area contributed by atoms with Gasteiger partial charge in [-0.3, -0.25) is 9.76 Å². The summed E-state index contributed by atoms with van der Waals surface area (Å²) in [5, 5.41) is 13.0. The van der Waals surface area contributed by atoms with Gasteiger partial charge in [0.1, 0.15) is 23.0 Å². The number of carbonyl (C=O) groups is 2. The summed E-state index contributed by atoms with van der Waals surface area (Å²) in [6.45, 7) is 9.56. The van der Waals surface area contributed by atoms with Gasteiger partial charge in [-0.1, -0.05) is 18.2 Å². The number of halogens is 3. The fourth-order valence-corrected chi connectivity index (χ4v) is 4.85. The molecular formula is C27H37F3N4O7S. The summed E-state index contributed by atoms with van der Waals surface area (Å²) in [6.07, 6.45) is -6.20. The van der Waals surface area contributed by atoms with Gasteiger partial charge in [0.15, 0.2) is 0 Å². The van der Waals surface area contributed by atoms with E-state index in [9.17, 15) is 32.1 Å². The SMILES string of the molecule is CC(C)(C)OC(=O)N[C@@H](CCS(=N)(=O)CCC(O)(c1cnc(Oc2ccccc2)cn1)C(F)(F)F)C(=O)OC(C)(C)C. The summed E-state index contributed by atoms with van der Waals surface area (Å²) in [5.41, 5.74) is -6.29. The van der Waals surface area contributed by atoms with Gasteiger partial charge in [-0.25, -0.2) is 18.8 Å². The van der Waals surface area contributed by atoms with E-state index < -0.39 is 80.9 Å². The number of alkyl halides is 3. The number of rotatable bonds is 11. The summed E-state index contributed by atoms with van der Waals surface area (Å²) in [4.78, 5) is 32.4. The second kappa shape index (κ2) is 13.2. The van der Waals surface area contributed by atoms with Crippen LogP contribution in [0.3, 0.4) is 0 Å². The molecule has 15 heteroatoms. The Morgan fingerprint density at radius 3 is 2.07 bits per heavy atom. The van der Waals surface area contributed by atoms with Gasteiger partial charge in [-0.05, 0) is 60.1 Å². The van der Waals surface area contributed by atoms with Crippen LogP contribution in [0.5, 0.6) is 11.6 Å². The van der Waals surface area contributed by atoms with E-state index in [1.54, 1.807) is 71.9 Å². The molecule has 2 aromatic rings. The number of esters is 1. The minimum absolute atomic E-state index is 0.121. The van der Waals surface area contributed by atoms with Crippen molar-refractivity contribution >= 4 is 21.8 Å². The molecule has 234 valence electrons. The number of aromatic nitrogens is 2. The van der Waals surface area contributed by atoms with Crippen LogP contribution in [0.4, 0.5) is 18.0 Å². The summed E-state index contributed by atoms with van der Waals surface area (Å²) in [6, 6.07) is 6.91. The first-order valence-corrected chi connectivity index (χ1v) is 14.8. The van der Waals surface area contributed by atoms with Crippen molar-refractivity contribution in [2.75, 3.05) is 11.5 Å². The average molecular weight is 619 g/mol. The lowest BCUT2D eigenvalue weighted by Crippen LogP contribution is -2.47. The Morgan fingerprint density at radius 2 is 1.57 bits per heavy atom. The standard InChI is InChI=1S/C27H37F3N4O7S/c1-24(2,3)40-22(35)19(34-23(36)41-25(4,5)6)12-14-42(31,38)15-13-26(37,27(28,29)30)20-16-33-21(17-32-20)39-18-10-8-7-9-11-18/h7-11,16-17,19,31,37H,12-15H2,1-6H3,(H,34,36)/t19-,26?,42?/m0/s1. The maximum absolute atomic E-state index is 14.0. The van der Waals surface area contributed by atoms with Gasteiger partial charge in [0.05, 0.1) is 18.1 Å². The van der Waals surface area contributed by atoms with Crippen LogP contribution in [0.25, 0.3) is 0 Å². The molecule has 0 aliphatic carbocycles. The van der Waals surface area contributed by atoms with Gasteiger partial charge < -0.3 is 24.6 Å². The fourth-order valence-electron chi connectivity index (χ4n) is 3.40. The van der Waals surface area contributed by atoms with Gasteiger partial charge in [0.25, 0.3) is 0 Å². The van der Waals surface area contributed by atoms with Crippen molar-refractivity contribution < 1.29 is 46.3 Å². The summed E-state index contributed by atoms with van der Waals surface area (Å²) >= 11 is 0. The number of benzene rings is 1. The molecule has 0 fully saturated rings. The van der Waals surface area contributed by atoms with Crippen LogP contribution in [0, 0.1) is 4.78 Å². The topological polar surface area (TPSA) is 161 Å². The third-order valence-electron chi connectivity index (χ3n) is 5.40. The van der Waals surface area contributed by atoms with Crippen LogP contribution in [0.15, 0.2) is 42.7 Å². The second-order valence-electron chi connectivity index (χ2n) is 11.5. The van der Waals surface area contributed by atoms with Crippen molar-refractivity contribution in [3.63, 3.8) is 0 Å². The Bertz CT molecular complexity index is 1310. The van der Waals surface area contributed by atoms with E-state index in [1.807, 2.05) is 0 Å². The molecule has 1 amide bonds. The largest absolute Gasteiger partial charge is 0.458 e. The molecule has 0 saturated carbocycles. The first kappa shape index (κ1) is 34.7. The van der Waals surface area contributed by atoms with Gasteiger partial charge in [-0.2, -0.15) is 13.2 Å². The first-order chi connectivity index (χ1) is 19.1. The molecule has 0 aliphatic rings. The van der Waals surface area contributed by atoms with Crippen LogP contribution < -0.4 is 10.1 Å². The predicted molar refractivity (Wildman–Crippen MR) is 147 cm³/mol. The zero-order chi connectivity index (χ0) is 32.0. The highest BCUT2D eigenvalue weighted by molar-refractivity contribution is 7.92. The number of hydrogen-bond donors (Lipinski definition) is 3. The Labute approximate surface area is 243 Å². The Hall–Kier alpha value is -3.46. The number of para-hydroxylation sites is 1. The van der Waals surface area contributed by atoms with Crippen LogP contribution in [-0.2, 0) is 29.6 Å². The molecule has 0 bridgehead atoms. The molecule has 11 nitrogen and oxygen atoms in total. The van der Waals surface area contributed by atoms with Gasteiger partial charge in [-0.15, -0.1) is 0 Å². The smallest absolute Gasteiger partial charge is 0.423 e. The zero-order valence-corrected chi connectivity index (χ0v) is 25.1. The third-order valence-corrected chi connectivity index (χ3v) is 7.16. The van der Waals surface area contributed by atoms with Crippen molar-refractivity contribution in [3.05, 3.63) is 48.4 Å². The predicted octanol–water partition coefficient (Wildman–Crippen LogP) is 5.08. The number of amides is 1.